The zero-order chi connectivity index (χ0) is 12.8. The summed E-state index contributed by atoms with van der Waals surface area (Å²) in [7, 11) is 0. The van der Waals surface area contributed by atoms with Gasteiger partial charge in [0.2, 0.25) is 0 Å². The van der Waals surface area contributed by atoms with Gasteiger partial charge in [-0.15, -0.1) is 0 Å². The summed E-state index contributed by atoms with van der Waals surface area (Å²) in [5, 5.41) is 2.90. The maximum absolute atomic E-state index is 11.8. The number of halogens is 1. The molecular formula is C13H18INO2. The van der Waals surface area contributed by atoms with Gasteiger partial charge in [0.1, 0.15) is 5.75 Å². The molecule has 2 unspecified atom stereocenters. The molecule has 0 saturated carbocycles. The predicted molar refractivity (Wildman–Crippen MR) is 77.1 cm³/mol. The minimum Gasteiger partial charge on any atom is -0.480 e. The highest BCUT2D eigenvalue weighted by atomic mass is 127. The number of nitrogens with one attached hydrogen (secondary N) is 1. The van der Waals surface area contributed by atoms with Gasteiger partial charge < -0.3 is 10.1 Å². The number of amides is 1. The summed E-state index contributed by atoms with van der Waals surface area (Å²) in [4.78, 5) is 11.8. The fourth-order valence-electron chi connectivity index (χ4n) is 1.25. The Hall–Kier alpha value is -0.780. The molecule has 1 aromatic rings. The molecule has 0 aliphatic rings. The molecule has 0 spiro atoms. The zero-order valence-corrected chi connectivity index (χ0v) is 12.5. The topological polar surface area (TPSA) is 38.3 Å². The van der Waals surface area contributed by atoms with E-state index in [0.29, 0.717) is 0 Å². The van der Waals surface area contributed by atoms with Crippen molar-refractivity contribution in [3.8, 4) is 5.75 Å². The van der Waals surface area contributed by atoms with E-state index in [0.717, 1.165) is 15.7 Å². The number of rotatable bonds is 5. The minimum absolute atomic E-state index is 0.0704. The SMILES string of the molecule is CCC(C)NC(=O)C(C)Oc1ccccc1I. The van der Waals surface area contributed by atoms with Crippen molar-refractivity contribution in [1.82, 2.24) is 5.32 Å². The Labute approximate surface area is 116 Å². The molecule has 0 saturated heterocycles. The van der Waals surface area contributed by atoms with Gasteiger partial charge in [-0.1, -0.05) is 19.1 Å². The Bertz CT molecular complexity index is 381. The molecule has 1 N–H and O–H groups in total. The lowest BCUT2D eigenvalue weighted by Gasteiger charge is -2.18. The number of para-hydroxylation sites is 1. The standard InChI is InChI=1S/C13H18INO2/c1-4-9(2)15-13(16)10(3)17-12-8-6-5-7-11(12)14/h5-10H,4H2,1-3H3,(H,15,16). The molecule has 1 amide bonds. The fraction of sp³-hybridized carbons (Fsp3) is 0.462. The van der Waals surface area contributed by atoms with Gasteiger partial charge in [-0.25, -0.2) is 0 Å². The second-order valence-corrected chi connectivity index (χ2v) is 5.17. The first-order valence-electron chi connectivity index (χ1n) is 5.76. The molecular weight excluding hydrogens is 329 g/mol. The highest BCUT2D eigenvalue weighted by Gasteiger charge is 2.16. The molecule has 0 aliphatic heterocycles. The molecule has 0 aromatic heterocycles. The third-order valence-electron chi connectivity index (χ3n) is 2.51. The third-order valence-corrected chi connectivity index (χ3v) is 3.40. The summed E-state index contributed by atoms with van der Waals surface area (Å²) >= 11 is 2.19. The van der Waals surface area contributed by atoms with Crippen molar-refractivity contribution in [2.75, 3.05) is 0 Å². The van der Waals surface area contributed by atoms with Gasteiger partial charge in [-0.05, 0) is 55.0 Å². The molecule has 1 aromatic carbocycles. The lowest BCUT2D eigenvalue weighted by atomic mass is 10.2. The third kappa shape index (κ3) is 4.53. The van der Waals surface area contributed by atoms with E-state index in [1.54, 1.807) is 6.92 Å². The predicted octanol–water partition coefficient (Wildman–Crippen LogP) is 2.97. The van der Waals surface area contributed by atoms with Crippen LogP contribution < -0.4 is 10.1 Å². The summed E-state index contributed by atoms with van der Waals surface area (Å²) in [6.45, 7) is 5.79. The Morgan fingerprint density at radius 1 is 1.41 bits per heavy atom. The van der Waals surface area contributed by atoms with E-state index in [2.05, 4.69) is 27.9 Å². The summed E-state index contributed by atoms with van der Waals surface area (Å²) < 4.78 is 6.64. The van der Waals surface area contributed by atoms with Crippen molar-refractivity contribution in [1.29, 1.82) is 0 Å². The molecule has 1 rings (SSSR count). The van der Waals surface area contributed by atoms with Crippen molar-refractivity contribution in [3.63, 3.8) is 0 Å². The van der Waals surface area contributed by atoms with Crippen LogP contribution in [0.2, 0.25) is 0 Å². The van der Waals surface area contributed by atoms with Gasteiger partial charge in [0.25, 0.3) is 5.91 Å². The van der Waals surface area contributed by atoms with Crippen LogP contribution >= 0.6 is 22.6 Å². The summed E-state index contributed by atoms with van der Waals surface area (Å²) in [5.41, 5.74) is 0. The van der Waals surface area contributed by atoms with E-state index in [1.807, 2.05) is 38.1 Å². The van der Waals surface area contributed by atoms with Gasteiger partial charge in [0.05, 0.1) is 3.57 Å². The van der Waals surface area contributed by atoms with Gasteiger partial charge in [-0.3, -0.25) is 4.79 Å². The molecule has 0 heterocycles. The monoisotopic (exact) mass is 347 g/mol. The number of carbonyl (C=O) groups excluding carboxylic acids is 1. The van der Waals surface area contributed by atoms with E-state index in [4.69, 9.17) is 4.74 Å². The largest absolute Gasteiger partial charge is 0.480 e. The molecule has 0 bridgehead atoms. The van der Waals surface area contributed by atoms with E-state index < -0.39 is 6.10 Å². The minimum atomic E-state index is -0.472. The van der Waals surface area contributed by atoms with Gasteiger partial charge >= 0.3 is 0 Å². The first-order chi connectivity index (χ1) is 8.04. The number of benzene rings is 1. The van der Waals surface area contributed by atoms with Crippen molar-refractivity contribution in [3.05, 3.63) is 27.8 Å². The van der Waals surface area contributed by atoms with Gasteiger partial charge in [0, 0.05) is 6.04 Å². The molecule has 0 fully saturated rings. The smallest absolute Gasteiger partial charge is 0.260 e. The van der Waals surface area contributed by atoms with Crippen molar-refractivity contribution >= 4 is 28.5 Å². The highest BCUT2D eigenvalue weighted by molar-refractivity contribution is 14.1. The Kier molecular flexibility index (Phi) is 5.74. The van der Waals surface area contributed by atoms with Gasteiger partial charge in [-0.2, -0.15) is 0 Å². The molecule has 2 atom stereocenters. The van der Waals surface area contributed by atoms with E-state index in [-0.39, 0.29) is 11.9 Å². The molecule has 3 nitrogen and oxygen atoms in total. The number of hydrogen-bond donors (Lipinski definition) is 1. The number of ether oxygens (including phenoxy) is 1. The summed E-state index contributed by atoms with van der Waals surface area (Å²) in [6, 6.07) is 7.85. The maximum atomic E-state index is 11.8. The molecule has 4 heteroatoms. The van der Waals surface area contributed by atoms with Crippen molar-refractivity contribution < 1.29 is 9.53 Å². The average molecular weight is 347 g/mol. The van der Waals surface area contributed by atoms with E-state index >= 15 is 0 Å². The molecule has 0 radical (unpaired) electrons. The van der Waals surface area contributed by atoms with E-state index in [9.17, 15) is 4.79 Å². The van der Waals surface area contributed by atoms with Crippen molar-refractivity contribution in [2.45, 2.75) is 39.3 Å². The van der Waals surface area contributed by atoms with Crippen LogP contribution in [0, 0.1) is 3.57 Å². The lowest BCUT2D eigenvalue weighted by molar-refractivity contribution is -0.127. The fourth-order valence-corrected chi connectivity index (χ4v) is 1.76. The van der Waals surface area contributed by atoms with Crippen molar-refractivity contribution in [2.24, 2.45) is 0 Å². The Morgan fingerprint density at radius 3 is 2.65 bits per heavy atom. The Morgan fingerprint density at radius 2 is 2.06 bits per heavy atom. The number of hydrogen-bond acceptors (Lipinski definition) is 2. The maximum Gasteiger partial charge on any atom is 0.260 e. The molecule has 17 heavy (non-hydrogen) atoms. The second-order valence-electron chi connectivity index (χ2n) is 4.01. The quantitative estimate of drug-likeness (QED) is 0.832. The molecule has 0 aliphatic carbocycles. The summed E-state index contributed by atoms with van der Waals surface area (Å²) in [5.74, 6) is 0.680. The highest BCUT2D eigenvalue weighted by Crippen LogP contribution is 2.20. The van der Waals surface area contributed by atoms with Gasteiger partial charge in [0.15, 0.2) is 6.10 Å². The van der Waals surface area contributed by atoms with Crippen LogP contribution in [0.25, 0.3) is 0 Å². The van der Waals surface area contributed by atoms with Crippen LogP contribution in [0.5, 0.6) is 5.75 Å². The first-order valence-corrected chi connectivity index (χ1v) is 6.84. The van der Waals surface area contributed by atoms with Crippen LogP contribution in [-0.2, 0) is 4.79 Å². The average Bonchev–Trinajstić information content (AvgIpc) is 2.31. The first kappa shape index (κ1) is 14.3. The van der Waals surface area contributed by atoms with Crippen LogP contribution in [-0.4, -0.2) is 18.1 Å². The normalized spacial score (nSPS) is 13.9. The second kappa shape index (κ2) is 6.83. The molecule has 94 valence electrons. The van der Waals surface area contributed by atoms with Crippen LogP contribution in [0.1, 0.15) is 27.2 Å². The number of carbonyl (C=O) groups is 1. The Balaban J connectivity index is 2.57. The van der Waals surface area contributed by atoms with Crippen LogP contribution in [0.15, 0.2) is 24.3 Å². The lowest BCUT2D eigenvalue weighted by Crippen LogP contribution is -2.41. The summed E-state index contributed by atoms with van der Waals surface area (Å²) in [6.07, 6.45) is 0.446. The van der Waals surface area contributed by atoms with Crippen LogP contribution in [0.3, 0.4) is 0 Å². The zero-order valence-electron chi connectivity index (χ0n) is 10.4. The van der Waals surface area contributed by atoms with E-state index in [1.165, 1.54) is 0 Å². The van der Waals surface area contributed by atoms with Crippen LogP contribution in [0.4, 0.5) is 0 Å².